The van der Waals surface area contributed by atoms with E-state index in [1.54, 1.807) is 43.7 Å². The van der Waals surface area contributed by atoms with Crippen molar-refractivity contribution in [2.75, 3.05) is 0 Å². The number of nitrogens with zero attached hydrogens (tertiary/aromatic N) is 3. The number of hydrogen-bond donors (Lipinski definition) is 1. The first-order chi connectivity index (χ1) is 11.1. The van der Waals surface area contributed by atoms with Gasteiger partial charge in [-0.3, -0.25) is 14.5 Å². The zero-order valence-electron chi connectivity index (χ0n) is 12.5. The molecule has 1 amide bonds. The van der Waals surface area contributed by atoms with Gasteiger partial charge in [-0.2, -0.15) is 5.10 Å². The quantitative estimate of drug-likeness (QED) is 0.805. The number of amides is 1. The van der Waals surface area contributed by atoms with E-state index in [9.17, 15) is 9.18 Å². The second kappa shape index (κ2) is 6.39. The Balaban J connectivity index is 1.78. The zero-order valence-corrected chi connectivity index (χ0v) is 12.5. The predicted molar refractivity (Wildman–Crippen MR) is 84.0 cm³/mol. The van der Waals surface area contributed by atoms with E-state index in [0.29, 0.717) is 23.5 Å². The van der Waals surface area contributed by atoms with Crippen LogP contribution < -0.4 is 5.32 Å². The number of halogens is 1. The maximum absolute atomic E-state index is 13.8. The van der Waals surface area contributed by atoms with E-state index in [0.717, 1.165) is 5.56 Å². The highest BCUT2D eigenvalue weighted by atomic mass is 19.1. The third kappa shape index (κ3) is 3.26. The van der Waals surface area contributed by atoms with Crippen LogP contribution in [0, 0.1) is 5.82 Å². The van der Waals surface area contributed by atoms with Crippen molar-refractivity contribution in [2.24, 2.45) is 7.05 Å². The summed E-state index contributed by atoms with van der Waals surface area (Å²) in [6, 6.07) is 11.6. The van der Waals surface area contributed by atoms with Gasteiger partial charge in [-0.1, -0.05) is 18.2 Å². The standard InChI is InChI=1S/C17H15FN4O/c1-22-16(17(23)20-11-12-5-4-8-19-10-12)9-15(21-22)13-6-2-3-7-14(13)18/h2-10H,11H2,1H3,(H,20,23). The molecule has 0 spiro atoms. The number of hydrogen-bond acceptors (Lipinski definition) is 3. The second-order valence-corrected chi connectivity index (χ2v) is 5.06. The van der Waals surface area contributed by atoms with Gasteiger partial charge in [0.25, 0.3) is 5.91 Å². The summed E-state index contributed by atoms with van der Waals surface area (Å²) >= 11 is 0. The first-order valence-electron chi connectivity index (χ1n) is 7.11. The molecular formula is C17H15FN4O. The number of pyridine rings is 1. The van der Waals surface area contributed by atoms with Crippen molar-refractivity contribution in [3.05, 3.63) is 71.9 Å². The first-order valence-corrected chi connectivity index (χ1v) is 7.11. The Labute approximate surface area is 132 Å². The molecule has 5 nitrogen and oxygen atoms in total. The van der Waals surface area contributed by atoms with E-state index >= 15 is 0 Å². The van der Waals surface area contributed by atoms with Gasteiger partial charge in [0.2, 0.25) is 0 Å². The lowest BCUT2D eigenvalue weighted by molar-refractivity contribution is 0.0941. The minimum atomic E-state index is -0.368. The van der Waals surface area contributed by atoms with Crippen LogP contribution in [0.4, 0.5) is 4.39 Å². The summed E-state index contributed by atoms with van der Waals surface area (Å²) in [5.41, 5.74) is 2.07. The van der Waals surface area contributed by atoms with Gasteiger partial charge in [-0.15, -0.1) is 0 Å². The van der Waals surface area contributed by atoms with Crippen LogP contribution >= 0.6 is 0 Å². The average Bonchev–Trinajstić information content (AvgIpc) is 2.96. The molecule has 1 aromatic carbocycles. The van der Waals surface area contributed by atoms with Gasteiger partial charge >= 0.3 is 0 Å². The molecule has 0 bridgehead atoms. The van der Waals surface area contributed by atoms with E-state index < -0.39 is 0 Å². The molecule has 0 radical (unpaired) electrons. The fourth-order valence-electron chi connectivity index (χ4n) is 2.26. The molecule has 2 heterocycles. The number of carbonyl (C=O) groups is 1. The lowest BCUT2D eigenvalue weighted by Gasteiger charge is -2.04. The van der Waals surface area contributed by atoms with Crippen molar-refractivity contribution in [2.45, 2.75) is 6.54 Å². The van der Waals surface area contributed by atoms with Crippen LogP contribution in [-0.2, 0) is 13.6 Å². The molecule has 0 unspecified atom stereocenters. The van der Waals surface area contributed by atoms with E-state index in [2.05, 4.69) is 15.4 Å². The fraction of sp³-hybridized carbons (Fsp3) is 0.118. The van der Waals surface area contributed by atoms with Crippen LogP contribution in [0.1, 0.15) is 16.1 Å². The number of aryl methyl sites for hydroxylation is 1. The number of nitrogens with one attached hydrogen (secondary N) is 1. The Morgan fingerprint density at radius 1 is 1.26 bits per heavy atom. The van der Waals surface area contributed by atoms with E-state index in [-0.39, 0.29) is 11.7 Å². The van der Waals surface area contributed by atoms with Gasteiger partial charge < -0.3 is 5.32 Å². The topological polar surface area (TPSA) is 59.8 Å². The van der Waals surface area contributed by atoms with Crippen molar-refractivity contribution >= 4 is 5.91 Å². The monoisotopic (exact) mass is 310 g/mol. The van der Waals surface area contributed by atoms with Crippen molar-refractivity contribution in [1.82, 2.24) is 20.1 Å². The SMILES string of the molecule is Cn1nc(-c2ccccc2F)cc1C(=O)NCc1cccnc1. The summed E-state index contributed by atoms with van der Waals surface area (Å²) in [6.45, 7) is 0.368. The molecule has 23 heavy (non-hydrogen) atoms. The normalized spacial score (nSPS) is 10.5. The van der Waals surface area contributed by atoms with E-state index in [1.165, 1.54) is 10.7 Å². The highest BCUT2D eigenvalue weighted by molar-refractivity contribution is 5.93. The molecule has 2 aromatic heterocycles. The molecule has 3 rings (SSSR count). The molecule has 0 saturated heterocycles. The van der Waals surface area contributed by atoms with Crippen LogP contribution in [0.25, 0.3) is 11.3 Å². The molecular weight excluding hydrogens is 295 g/mol. The summed E-state index contributed by atoms with van der Waals surface area (Å²) < 4.78 is 15.3. The average molecular weight is 310 g/mol. The Bertz CT molecular complexity index is 830. The van der Waals surface area contributed by atoms with Crippen LogP contribution in [0.5, 0.6) is 0 Å². The maximum atomic E-state index is 13.8. The van der Waals surface area contributed by atoms with Crippen LogP contribution in [-0.4, -0.2) is 20.7 Å². The third-order valence-electron chi connectivity index (χ3n) is 3.44. The molecule has 3 aromatic rings. The van der Waals surface area contributed by atoms with Gasteiger partial charge in [0.15, 0.2) is 0 Å². The summed E-state index contributed by atoms with van der Waals surface area (Å²) in [7, 11) is 1.66. The molecule has 6 heteroatoms. The Hall–Kier alpha value is -3.02. The molecule has 0 aliphatic rings. The number of benzene rings is 1. The first kappa shape index (κ1) is 14.9. The van der Waals surface area contributed by atoms with Crippen LogP contribution in [0.3, 0.4) is 0 Å². The zero-order chi connectivity index (χ0) is 16.2. The molecule has 0 saturated carbocycles. The molecule has 116 valence electrons. The fourth-order valence-corrected chi connectivity index (χ4v) is 2.26. The summed E-state index contributed by atoms with van der Waals surface area (Å²) in [6.07, 6.45) is 3.36. The van der Waals surface area contributed by atoms with Gasteiger partial charge in [0.1, 0.15) is 11.5 Å². The Morgan fingerprint density at radius 2 is 2.09 bits per heavy atom. The van der Waals surface area contributed by atoms with Crippen LogP contribution in [0.15, 0.2) is 54.9 Å². The van der Waals surface area contributed by atoms with Crippen molar-refractivity contribution in [1.29, 1.82) is 0 Å². The van der Waals surface area contributed by atoms with Crippen molar-refractivity contribution < 1.29 is 9.18 Å². The van der Waals surface area contributed by atoms with Crippen LogP contribution in [0.2, 0.25) is 0 Å². The smallest absolute Gasteiger partial charge is 0.269 e. The van der Waals surface area contributed by atoms with Gasteiger partial charge in [0, 0.05) is 31.5 Å². The highest BCUT2D eigenvalue weighted by Gasteiger charge is 2.15. The maximum Gasteiger partial charge on any atom is 0.269 e. The summed E-state index contributed by atoms with van der Waals surface area (Å²) in [4.78, 5) is 16.3. The number of aromatic nitrogens is 3. The molecule has 0 fully saturated rings. The molecule has 0 aliphatic heterocycles. The molecule has 0 atom stereocenters. The van der Waals surface area contributed by atoms with Gasteiger partial charge in [-0.25, -0.2) is 4.39 Å². The number of carbonyl (C=O) groups excluding carboxylic acids is 1. The molecule has 1 N–H and O–H groups in total. The predicted octanol–water partition coefficient (Wildman–Crippen LogP) is 2.55. The lowest BCUT2D eigenvalue weighted by Crippen LogP contribution is -2.25. The second-order valence-electron chi connectivity index (χ2n) is 5.06. The third-order valence-corrected chi connectivity index (χ3v) is 3.44. The Kier molecular flexibility index (Phi) is 4.14. The largest absolute Gasteiger partial charge is 0.347 e. The summed E-state index contributed by atoms with van der Waals surface area (Å²) in [5, 5.41) is 7.02. The Morgan fingerprint density at radius 3 is 2.83 bits per heavy atom. The minimum Gasteiger partial charge on any atom is -0.347 e. The van der Waals surface area contributed by atoms with E-state index in [1.807, 2.05) is 12.1 Å². The lowest BCUT2D eigenvalue weighted by atomic mass is 10.1. The van der Waals surface area contributed by atoms with Gasteiger partial charge in [-0.05, 0) is 29.8 Å². The van der Waals surface area contributed by atoms with Crippen molar-refractivity contribution in [3.8, 4) is 11.3 Å². The summed E-state index contributed by atoms with van der Waals surface area (Å²) in [5.74, 6) is -0.639. The van der Waals surface area contributed by atoms with Crippen molar-refractivity contribution in [3.63, 3.8) is 0 Å². The van der Waals surface area contributed by atoms with Gasteiger partial charge in [0.05, 0.1) is 5.69 Å². The van der Waals surface area contributed by atoms with E-state index in [4.69, 9.17) is 0 Å². The number of rotatable bonds is 4. The highest BCUT2D eigenvalue weighted by Crippen LogP contribution is 2.21. The minimum absolute atomic E-state index is 0.272. The molecule has 0 aliphatic carbocycles.